The van der Waals surface area contributed by atoms with Crippen LogP contribution in [0.5, 0.6) is 0 Å². The van der Waals surface area contributed by atoms with Gasteiger partial charge in [-0.1, -0.05) is 47.5 Å². The second kappa shape index (κ2) is 6.67. The summed E-state index contributed by atoms with van der Waals surface area (Å²) in [6.07, 6.45) is -0.347. The molecule has 26 heavy (non-hydrogen) atoms. The molecule has 0 fully saturated rings. The Morgan fingerprint density at radius 1 is 0.962 bits per heavy atom. The summed E-state index contributed by atoms with van der Waals surface area (Å²) in [6.45, 7) is 1.99. The number of nitrogens with zero attached hydrogens (tertiary/aromatic N) is 1. The first-order chi connectivity index (χ1) is 12.5. The van der Waals surface area contributed by atoms with E-state index in [2.05, 4.69) is 5.32 Å². The molecule has 0 saturated heterocycles. The normalized spacial score (nSPS) is 15.9. The minimum Gasteiger partial charge on any atom is -0.360 e. The number of halogens is 2. The maximum atomic E-state index is 13.0. The van der Waals surface area contributed by atoms with Crippen molar-refractivity contribution >= 4 is 40.5 Å². The zero-order valence-electron chi connectivity index (χ0n) is 14.0. The molecule has 3 nitrogen and oxygen atoms in total. The first-order valence-corrected chi connectivity index (χ1v) is 9.01. The van der Waals surface area contributed by atoms with Crippen LogP contribution in [0, 0.1) is 6.92 Å². The van der Waals surface area contributed by atoms with Gasteiger partial charge in [-0.25, -0.2) is 0 Å². The number of benzene rings is 3. The smallest absolute Gasteiger partial charge is 0.260 e. The van der Waals surface area contributed by atoms with Gasteiger partial charge in [0.05, 0.1) is 10.7 Å². The molecule has 130 valence electrons. The van der Waals surface area contributed by atoms with E-state index < -0.39 is 0 Å². The summed E-state index contributed by atoms with van der Waals surface area (Å²) in [6, 6.07) is 20.7. The van der Waals surface area contributed by atoms with Gasteiger partial charge in [0, 0.05) is 21.8 Å². The fourth-order valence-electron chi connectivity index (χ4n) is 3.21. The van der Waals surface area contributed by atoms with E-state index in [1.54, 1.807) is 17.0 Å². The van der Waals surface area contributed by atoms with E-state index in [0.717, 1.165) is 22.5 Å². The Morgan fingerprint density at radius 2 is 1.69 bits per heavy atom. The van der Waals surface area contributed by atoms with Gasteiger partial charge in [-0.2, -0.15) is 0 Å². The molecule has 5 heteroatoms. The standard InChI is InChI=1S/C21H16Cl2N2O/c1-13-6-11-19(18(23)12-13)24-20-16-4-2-3-5-17(16)21(26)25(20)15-9-7-14(22)8-10-15/h2-12,20,24H,1H3/t20-/m0/s1. The molecule has 0 aliphatic carbocycles. The third-order valence-electron chi connectivity index (χ3n) is 4.48. The fourth-order valence-corrected chi connectivity index (χ4v) is 3.63. The lowest BCUT2D eigenvalue weighted by Gasteiger charge is -2.27. The molecule has 0 unspecified atom stereocenters. The minimum absolute atomic E-state index is 0.0522. The second-order valence-electron chi connectivity index (χ2n) is 6.27. The van der Waals surface area contributed by atoms with Crippen molar-refractivity contribution < 1.29 is 4.79 Å². The van der Waals surface area contributed by atoms with Crippen molar-refractivity contribution in [2.24, 2.45) is 0 Å². The van der Waals surface area contributed by atoms with Crippen LogP contribution in [0.3, 0.4) is 0 Å². The van der Waals surface area contributed by atoms with E-state index in [1.807, 2.05) is 61.5 Å². The maximum Gasteiger partial charge on any atom is 0.260 e. The van der Waals surface area contributed by atoms with Crippen molar-refractivity contribution in [2.45, 2.75) is 13.1 Å². The number of anilines is 2. The lowest BCUT2D eigenvalue weighted by atomic mass is 10.1. The molecular formula is C21H16Cl2N2O. The van der Waals surface area contributed by atoms with Gasteiger partial charge in [0.2, 0.25) is 0 Å². The summed E-state index contributed by atoms with van der Waals surface area (Å²) in [5, 5.41) is 4.68. The lowest BCUT2D eigenvalue weighted by Crippen LogP contribution is -2.32. The largest absolute Gasteiger partial charge is 0.360 e. The van der Waals surface area contributed by atoms with Crippen LogP contribution in [0.2, 0.25) is 10.0 Å². The Labute approximate surface area is 162 Å². The van der Waals surface area contributed by atoms with Crippen LogP contribution >= 0.6 is 23.2 Å². The summed E-state index contributed by atoms with van der Waals surface area (Å²) >= 11 is 12.4. The molecule has 1 aliphatic rings. The van der Waals surface area contributed by atoms with Crippen LogP contribution in [0.4, 0.5) is 11.4 Å². The molecule has 0 saturated carbocycles. The van der Waals surface area contributed by atoms with Gasteiger partial charge in [-0.15, -0.1) is 0 Å². The molecule has 1 atom stereocenters. The molecule has 1 aliphatic heterocycles. The molecule has 0 aromatic heterocycles. The third kappa shape index (κ3) is 2.94. The van der Waals surface area contributed by atoms with Crippen LogP contribution in [0.15, 0.2) is 66.7 Å². The van der Waals surface area contributed by atoms with Crippen molar-refractivity contribution in [3.8, 4) is 0 Å². The van der Waals surface area contributed by atoms with Gasteiger partial charge >= 0.3 is 0 Å². The van der Waals surface area contributed by atoms with Crippen molar-refractivity contribution in [1.29, 1.82) is 0 Å². The SMILES string of the molecule is Cc1ccc(N[C@@H]2c3ccccc3C(=O)N2c2ccc(Cl)cc2)c(Cl)c1. The van der Waals surface area contributed by atoms with Crippen LogP contribution in [0.25, 0.3) is 0 Å². The quantitative estimate of drug-likeness (QED) is 0.595. The highest BCUT2D eigenvalue weighted by Crippen LogP contribution is 2.39. The summed E-state index contributed by atoms with van der Waals surface area (Å²) in [5.41, 5.74) is 4.24. The zero-order valence-corrected chi connectivity index (χ0v) is 15.6. The molecule has 1 N–H and O–H groups in total. The topological polar surface area (TPSA) is 32.3 Å². The maximum absolute atomic E-state index is 13.0. The van der Waals surface area contributed by atoms with E-state index in [9.17, 15) is 4.79 Å². The Hall–Kier alpha value is -2.49. The Kier molecular flexibility index (Phi) is 4.35. The van der Waals surface area contributed by atoms with Crippen molar-refractivity contribution in [3.05, 3.63) is 93.5 Å². The van der Waals surface area contributed by atoms with Crippen molar-refractivity contribution in [3.63, 3.8) is 0 Å². The highest BCUT2D eigenvalue weighted by atomic mass is 35.5. The van der Waals surface area contributed by atoms with Gasteiger partial charge < -0.3 is 5.32 Å². The number of nitrogens with one attached hydrogen (secondary N) is 1. The molecular weight excluding hydrogens is 367 g/mol. The molecule has 1 amide bonds. The average Bonchev–Trinajstić information content (AvgIpc) is 2.91. The van der Waals surface area contributed by atoms with E-state index in [4.69, 9.17) is 23.2 Å². The van der Waals surface area contributed by atoms with Gasteiger partial charge in [0.15, 0.2) is 0 Å². The number of carbonyl (C=O) groups is 1. The number of carbonyl (C=O) groups excluding carboxylic acids is 1. The highest BCUT2D eigenvalue weighted by Gasteiger charge is 2.37. The van der Waals surface area contributed by atoms with Crippen LogP contribution in [-0.2, 0) is 0 Å². The Balaban J connectivity index is 1.79. The number of fused-ring (bicyclic) bond motifs is 1. The Bertz CT molecular complexity index is 986. The fraction of sp³-hybridized carbons (Fsp3) is 0.0952. The lowest BCUT2D eigenvalue weighted by molar-refractivity contribution is 0.0993. The number of amides is 1. The number of hydrogen-bond donors (Lipinski definition) is 1. The number of aryl methyl sites for hydroxylation is 1. The second-order valence-corrected chi connectivity index (χ2v) is 7.11. The number of rotatable bonds is 3. The summed E-state index contributed by atoms with van der Waals surface area (Å²) in [5.74, 6) is -0.0522. The summed E-state index contributed by atoms with van der Waals surface area (Å²) in [4.78, 5) is 14.8. The molecule has 3 aromatic rings. The predicted molar refractivity (Wildman–Crippen MR) is 107 cm³/mol. The molecule has 1 heterocycles. The molecule has 0 radical (unpaired) electrons. The van der Waals surface area contributed by atoms with Crippen LogP contribution < -0.4 is 10.2 Å². The van der Waals surface area contributed by atoms with Gasteiger partial charge in [-0.3, -0.25) is 9.69 Å². The van der Waals surface area contributed by atoms with Gasteiger partial charge in [0.1, 0.15) is 6.17 Å². The summed E-state index contributed by atoms with van der Waals surface area (Å²) < 4.78 is 0. The Morgan fingerprint density at radius 3 is 2.42 bits per heavy atom. The molecule has 0 bridgehead atoms. The zero-order chi connectivity index (χ0) is 18.3. The van der Waals surface area contributed by atoms with Crippen molar-refractivity contribution in [1.82, 2.24) is 0 Å². The average molecular weight is 383 g/mol. The van der Waals surface area contributed by atoms with E-state index in [1.165, 1.54) is 0 Å². The molecule has 3 aromatic carbocycles. The number of hydrogen-bond acceptors (Lipinski definition) is 2. The highest BCUT2D eigenvalue weighted by molar-refractivity contribution is 6.33. The van der Waals surface area contributed by atoms with Crippen LogP contribution in [-0.4, -0.2) is 5.91 Å². The van der Waals surface area contributed by atoms with Crippen LogP contribution in [0.1, 0.15) is 27.7 Å². The summed E-state index contributed by atoms with van der Waals surface area (Å²) in [7, 11) is 0. The van der Waals surface area contributed by atoms with Gasteiger partial charge in [0.25, 0.3) is 5.91 Å². The predicted octanol–water partition coefficient (Wildman–Crippen LogP) is 6.07. The molecule has 0 spiro atoms. The van der Waals surface area contributed by atoms with E-state index >= 15 is 0 Å². The first kappa shape index (κ1) is 17.0. The van der Waals surface area contributed by atoms with E-state index in [-0.39, 0.29) is 12.1 Å². The van der Waals surface area contributed by atoms with E-state index in [0.29, 0.717) is 15.6 Å². The third-order valence-corrected chi connectivity index (χ3v) is 5.05. The first-order valence-electron chi connectivity index (χ1n) is 8.25. The van der Waals surface area contributed by atoms with Crippen molar-refractivity contribution in [2.75, 3.05) is 10.2 Å². The minimum atomic E-state index is -0.347. The van der Waals surface area contributed by atoms with Gasteiger partial charge in [-0.05, 0) is 55.0 Å². The monoisotopic (exact) mass is 382 g/mol. The molecule has 4 rings (SSSR count).